The van der Waals surface area contributed by atoms with Crippen molar-refractivity contribution in [1.82, 2.24) is 4.98 Å². The summed E-state index contributed by atoms with van der Waals surface area (Å²) in [6, 6.07) is 3.75. The Morgan fingerprint density at radius 3 is 2.75 bits per heavy atom. The Hall–Kier alpha value is -1.36. The number of fused-ring (bicyclic) bond motifs is 1. The van der Waals surface area contributed by atoms with Crippen molar-refractivity contribution < 1.29 is 4.43 Å². The minimum absolute atomic E-state index is 0.00454. The fourth-order valence-corrected chi connectivity index (χ4v) is 3.52. The molecule has 0 aromatic carbocycles. The third-order valence-corrected chi connectivity index (χ3v) is 8.89. The molecule has 2 atom stereocenters. The van der Waals surface area contributed by atoms with Crippen LogP contribution >= 0.6 is 0 Å². The third-order valence-electron chi connectivity index (χ3n) is 4.41. The molecule has 1 aromatic heterocycles. The van der Waals surface area contributed by atoms with Crippen LogP contribution < -0.4 is 0 Å². The summed E-state index contributed by atoms with van der Waals surface area (Å²) in [5.74, 6) is 0. The second-order valence-corrected chi connectivity index (χ2v) is 11.6. The van der Waals surface area contributed by atoms with Crippen LogP contribution in [0.2, 0.25) is 18.1 Å². The standard InChI is InChI=1S/C14H22N4OSi/c1-14(2,3)20(4,5)19-12-9-11(17-18-15)13-10(12)7-6-8-16-13/h6-8,11-12H,9H2,1-5H3. The minimum atomic E-state index is -1.85. The van der Waals surface area contributed by atoms with Gasteiger partial charge in [-0.1, -0.05) is 32.0 Å². The van der Waals surface area contributed by atoms with Gasteiger partial charge in [-0.05, 0) is 36.2 Å². The summed E-state index contributed by atoms with van der Waals surface area (Å²) in [7, 11) is -1.85. The zero-order chi connectivity index (χ0) is 15.0. The van der Waals surface area contributed by atoms with Crippen molar-refractivity contribution in [3.05, 3.63) is 40.0 Å². The van der Waals surface area contributed by atoms with E-state index in [1.165, 1.54) is 0 Å². The average Bonchev–Trinajstić information content (AvgIpc) is 2.67. The van der Waals surface area contributed by atoms with Crippen LogP contribution in [-0.2, 0) is 4.43 Å². The molecule has 0 fully saturated rings. The van der Waals surface area contributed by atoms with Crippen LogP contribution in [-0.4, -0.2) is 13.3 Å². The normalized spacial score (nSPS) is 22.2. The van der Waals surface area contributed by atoms with Crippen LogP contribution in [0.15, 0.2) is 23.4 Å². The average molecular weight is 290 g/mol. The third kappa shape index (κ3) is 2.73. The zero-order valence-electron chi connectivity index (χ0n) is 12.8. The van der Waals surface area contributed by atoms with E-state index in [9.17, 15) is 0 Å². The predicted molar refractivity (Wildman–Crippen MR) is 81.8 cm³/mol. The molecule has 0 N–H and O–H groups in total. The van der Waals surface area contributed by atoms with Gasteiger partial charge < -0.3 is 4.43 Å². The molecule has 6 heteroatoms. The maximum Gasteiger partial charge on any atom is 0.192 e. The van der Waals surface area contributed by atoms with Crippen LogP contribution in [0.25, 0.3) is 10.4 Å². The van der Waals surface area contributed by atoms with Gasteiger partial charge in [0.05, 0.1) is 17.8 Å². The molecule has 0 saturated heterocycles. The van der Waals surface area contributed by atoms with Crippen molar-refractivity contribution in [2.24, 2.45) is 5.11 Å². The number of rotatable bonds is 3. The lowest BCUT2D eigenvalue weighted by Gasteiger charge is -2.38. The molecule has 0 spiro atoms. The molecule has 1 aliphatic rings. The molecule has 2 rings (SSSR count). The molecule has 0 saturated carbocycles. The fraction of sp³-hybridized carbons (Fsp3) is 0.643. The first-order valence-corrected chi connectivity index (χ1v) is 9.84. The van der Waals surface area contributed by atoms with Crippen LogP contribution in [0.5, 0.6) is 0 Å². The SMILES string of the molecule is CC(C)(C)[Si](C)(C)OC1CC(N=[N+]=[N-])c2ncccc21. The summed E-state index contributed by atoms with van der Waals surface area (Å²) in [4.78, 5) is 7.31. The number of aromatic nitrogens is 1. The Kier molecular flexibility index (Phi) is 3.91. The molecule has 0 radical (unpaired) electrons. The van der Waals surface area contributed by atoms with Crippen molar-refractivity contribution in [3.63, 3.8) is 0 Å². The summed E-state index contributed by atoms with van der Waals surface area (Å²) in [6.07, 6.45) is 2.44. The van der Waals surface area contributed by atoms with Crippen molar-refractivity contribution in [1.29, 1.82) is 0 Å². The molecule has 1 heterocycles. The zero-order valence-corrected chi connectivity index (χ0v) is 13.8. The number of pyridine rings is 1. The molecular formula is C14H22N4OSi. The Morgan fingerprint density at radius 1 is 1.45 bits per heavy atom. The van der Waals surface area contributed by atoms with E-state index < -0.39 is 8.32 Å². The van der Waals surface area contributed by atoms with Crippen molar-refractivity contribution in [2.75, 3.05) is 0 Å². The second kappa shape index (κ2) is 5.20. The highest BCUT2D eigenvalue weighted by Gasteiger charge is 2.42. The van der Waals surface area contributed by atoms with E-state index in [0.717, 1.165) is 11.3 Å². The van der Waals surface area contributed by atoms with Gasteiger partial charge in [0.25, 0.3) is 0 Å². The van der Waals surface area contributed by atoms with E-state index in [1.807, 2.05) is 12.1 Å². The smallest absolute Gasteiger partial charge is 0.192 e. The van der Waals surface area contributed by atoms with E-state index in [2.05, 4.69) is 48.9 Å². The lowest BCUT2D eigenvalue weighted by Crippen LogP contribution is -2.41. The topological polar surface area (TPSA) is 70.9 Å². The largest absolute Gasteiger partial charge is 0.410 e. The first kappa shape index (κ1) is 15.0. The van der Waals surface area contributed by atoms with E-state index >= 15 is 0 Å². The van der Waals surface area contributed by atoms with E-state index in [4.69, 9.17) is 9.96 Å². The van der Waals surface area contributed by atoms with Crippen LogP contribution in [0.3, 0.4) is 0 Å². The molecule has 1 aromatic rings. The van der Waals surface area contributed by atoms with Gasteiger partial charge in [-0.15, -0.1) is 0 Å². The van der Waals surface area contributed by atoms with Gasteiger partial charge in [0.2, 0.25) is 0 Å². The van der Waals surface area contributed by atoms with Crippen molar-refractivity contribution >= 4 is 8.32 Å². The van der Waals surface area contributed by atoms with Crippen LogP contribution in [0.4, 0.5) is 0 Å². The molecule has 5 nitrogen and oxygen atoms in total. The predicted octanol–water partition coefficient (Wildman–Crippen LogP) is 4.90. The number of nitrogens with zero attached hydrogens (tertiary/aromatic N) is 4. The fourth-order valence-electron chi connectivity index (χ4n) is 2.23. The van der Waals surface area contributed by atoms with Gasteiger partial charge >= 0.3 is 0 Å². The molecule has 2 unspecified atom stereocenters. The molecule has 0 bridgehead atoms. The highest BCUT2D eigenvalue weighted by atomic mass is 28.4. The van der Waals surface area contributed by atoms with Gasteiger partial charge in [0, 0.05) is 16.7 Å². The molecule has 1 aliphatic carbocycles. The summed E-state index contributed by atoms with van der Waals surface area (Å²) in [5, 5.41) is 4.02. The minimum Gasteiger partial charge on any atom is -0.410 e. The first-order valence-electron chi connectivity index (χ1n) is 6.93. The molecule has 0 aliphatic heterocycles. The van der Waals surface area contributed by atoms with Crippen LogP contribution in [0, 0.1) is 0 Å². The Labute approximate surface area is 121 Å². The van der Waals surface area contributed by atoms with Gasteiger partial charge in [-0.2, -0.15) is 0 Å². The quantitative estimate of drug-likeness (QED) is 0.344. The molecule has 108 valence electrons. The number of azide groups is 1. The Balaban J connectivity index is 2.30. The van der Waals surface area contributed by atoms with Crippen molar-refractivity contribution in [2.45, 2.75) is 57.5 Å². The van der Waals surface area contributed by atoms with Crippen LogP contribution in [0.1, 0.15) is 50.6 Å². The van der Waals surface area contributed by atoms with Gasteiger partial charge in [0.1, 0.15) is 0 Å². The first-order chi connectivity index (χ1) is 9.26. The maximum absolute atomic E-state index is 8.70. The second-order valence-electron chi connectivity index (χ2n) is 6.80. The number of hydrogen-bond acceptors (Lipinski definition) is 3. The Morgan fingerprint density at radius 2 is 2.15 bits per heavy atom. The summed E-state index contributed by atoms with van der Waals surface area (Å²) in [6.45, 7) is 11.2. The summed E-state index contributed by atoms with van der Waals surface area (Å²) in [5.41, 5.74) is 10.6. The number of hydrogen-bond donors (Lipinski definition) is 0. The van der Waals surface area contributed by atoms with E-state index in [-0.39, 0.29) is 17.2 Å². The molecule has 20 heavy (non-hydrogen) atoms. The summed E-state index contributed by atoms with van der Waals surface area (Å²) >= 11 is 0. The molecule has 0 amide bonds. The van der Waals surface area contributed by atoms with E-state index in [0.29, 0.717) is 6.42 Å². The van der Waals surface area contributed by atoms with E-state index in [1.54, 1.807) is 6.20 Å². The van der Waals surface area contributed by atoms with Gasteiger partial charge in [-0.3, -0.25) is 4.98 Å². The maximum atomic E-state index is 8.70. The van der Waals surface area contributed by atoms with Gasteiger partial charge in [-0.25, -0.2) is 0 Å². The van der Waals surface area contributed by atoms with Gasteiger partial charge in [0.15, 0.2) is 8.32 Å². The summed E-state index contributed by atoms with van der Waals surface area (Å²) < 4.78 is 6.48. The highest BCUT2D eigenvalue weighted by molar-refractivity contribution is 6.74. The monoisotopic (exact) mass is 290 g/mol. The highest BCUT2D eigenvalue weighted by Crippen LogP contribution is 2.47. The lowest BCUT2D eigenvalue weighted by atomic mass is 10.2. The van der Waals surface area contributed by atoms with Crippen molar-refractivity contribution in [3.8, 4) is 0 Å². The molecular weight excluding hydrogens is 268 g/mol. The Bertz CT molecular complexity index is 546. The lowest BCUT2D eigenvalue weighted by molar-refractivity contribution is 0.179.